The largest absolute Gasteiger partial charge is 0.493 e. The van der Waals surface area contributed by atoms with Crippen molar-refractivity contribution in [3.8, 4) is 16.9 Å². The van der Waals surface area contributed by atoms with Crippen LogP contribution in [0.25, 0.3) is 22.0 Å². The third-order valence-corrected chi connectivity index (χ3v) is 18.6. The number of hydrogen-bond acceptors (Lipinski definition) is 21. The first-order chi connectivity index (χ1) is 53.3. The Bertz CT molecular complexity index is 4660. The number of rotatable bonds is 39. The first-order valence-corrected chi connectivity index (χ1v) is 36.2. The summed E-state index contributed by atoms with van der Waals surface area (Å²) in [6.07, 6.45) is 5.12. The fourth-order valence-corrected chi connectivity index (χ4v) is 12.7. The van der Waals surface area contributed by atoms with Crippen molar-refractivity contribution in [3.63, 3.8) is 0 Å². The summed E-state index contributed by atoms with van der Waals surface area (Å²) in [4.78, 5) is 167. The lowest BCUT2D eigenvalue weighted by Crippen LogP contribution is -2.53. The molecule has 1 saturated heterocycles. The predicted octanol–water partition coefficient (Wildman–Crippen LogP) is 5.73. The molecule has 6 heterocycles. The molecule has 7 N–H and O–H groups in total. The molecular weight excluding hydrogens is 1430 g/mol. The SMILES string of the molecule is C=C1C[C@H]2[C@H](OCCNC(=O)COCC(=O)NCCOCCOCCOC)N(C(=O)OCc3ccc(CC(=O)[C@H](C)NC(=O)[C@H](C)CC(=O)CCN4C(=O)C=CC4=O)cc3)c3cc(OCCCC(=O)Nc4cn(C)c(C(=O)Nc5ccc(-c6cc(C(=O)n7ccc8cc(N)ccc87)n(C)c6)cc5)n4)c(C)cc3C(=O)N2C1. The lowest BCUT2D eigenvalue weighted by Gasteiger charge is -2.35. The minimum Gasteiger partial charge on any atom is -0.493 e. The van der Waals surface area contributed by atoms with E-state index in [-0.39, 0.29) is 137 Å². The lowest BCUT2D eigenvalue weighted by molar-refractivity contribution is -0.138. The Labute approximate surface area is 639 Å². The topological polar surface area (TPSA) is 393 Å². The standard InChI is InChI=1S/C79H91N13O19/c1-48-35-64-78(110-30-25-82-70(97)47-108-46-69(96)81-24-29-106-33-34-107-32-31-105-7)92(79(104)111-45-53-12-10-52(11-13-53)38-65(94)51(4)83-74(100)50(3)36-59(93)23-27-90-71(98)20-21-72(90)99)62-41-66(49(2)37-60(62)76(102)91(64)42-48)109-28-8-9-68(95)85-67-44-88(6)73(86-67)75(101)84-58-17-14-54(15-18-58)56-40-63(87(5)43-56)77(103)89-26-22-55-39-57(80)16-19-61(55)89/h10-22,26,37,39-41,43-44,50-51,64,78H,1,8-9,23-25,27-36,38,42,45-47,80H2,2-7H3,(H,81,96)(H,82,97)(H,83,100)(H,84,101)(H,85,95)/t50-,51+,64+,78+/m1/s1. The first kappa shape index (κ1) is 81.5. The number of imide groups is 1. The van der Waals surface area contributed by atoms with E-state index in [2.05, 4.69) is 38.1 Å². The van der Waals surface area contributed by atoms with Crippen molar-refractivity contribution in [3.05, 3.63) is 168 Å². The molecule has 3 aliphatic rings. The van der Waals surface area contributed by atoms with Crippen LogP contribution in [0.15, 0.2) is 134 Å². The molecule has 32 nitrogen and oxygen atoms in total. The van der Waals surface area contributed by atoms with Gasteiger partial charge in [0, 0.05) is 138 Å². The number of carbonyl (C=O) groups is 12. The number of nitrogens with one attached hydrogen (secondary N) is 5. The highest BCUT2D eigenvalue weighted by molar-refractivity contribution is 6.13. The van der Waals surface area contributed by atoms with Gasteiger partial charge in [-0.3, -0.25) is 62.2 Å². The highest BCUT2D eigenvalue weighted by atomic mass is 16.6. The van der Waals surface area contributed by atoms with Crippen molar-refractivity contribution < 1.29 is 90.7 Å². The molecule has 3 aliphatic heterocycles. The number of aryl methyl sites for hydroxylation is 3. The van der Waals surface area contributed by atoms with Gasteiger partial charge in [-0.25, -0.2) is 14.7 Å². The predicted molar refractivity (Wildman–Crippen MR) is 406 cm³/mol. The van der Waals surface area contributed by atoms with E-state index in [9.17, 15) is 57.5 Å². The van der Waals surface area contributed by atoms with E-state index < -0.39 is 90.8 Å². The summed E-state index contributed by atoms with van der Waals surface area (Å²) in [5.74, 6) is -5.27. The average molecular weight is 1530 g/mol. The summed E-state index contributed by atoms with van der Waals surface area (Å²) < 4.78 is 44.8. The maximum Gasteiger partial charge on any atom is 0.416 e. The molecule has 10 rings (SSSR count). The first-order valence-electron chi connectivity index (χ1n) is 36.2. The molecule has 0 saturated carbocycles. The maximum absolute atomic E-state index is 15.0. The minimum atomic E-state index is -1.25. The van der Waals surface area contributed by atoms with Crippen LogP contribution in [0.1, 0.15) is 94.1 Å². The van der Waals surface area contributed by atoms with E-state index in [0.717, 1.165) is 39.1 Å². The molecule has 0 bridgehead atoms. The molecule has 586 valence electrons. The number of anilines is 4. The Kier molecular flexibility index (Phi) is 28.2. The van der Waals surface area contributed by atoms with Gasteiger partial charge in [0.1, 0.15) is 37.0 Å². The van der Waals surface area contributed by atoms with Crippen molar-refractivity contribution >= 4 is 105 Å². The number of nitrogen functional groups attached to an aromatic ring is 1. The van der Waals surface area contributed by atoms with Gasteiger partial charge in [-0.1, -0.05) is 55.5 Å². The van der Waals surface area contributed by atoms with Gasteiger partial charge in [0.05, 0.1) is 75.1 Å². The van der Waals surface area contributed by atoms with E-state index in [1.54, 1.807) is 103 Å². The molecule has 4 aromatic carbocycles. The summed E-state index contributed by atoms with van der Waals surface area (Å²) in [5, 5.41) is 14.5. The van der Waals surface area contributed by atoms with Crippen LogP contribution >= 0.6 is 0 Å². The number of carbonyl (C=O) groups excluding carboxylic acids is 12. The molecule has 0 unspecified atom stereocenters. The van der Waals surface area contributed by atoms with E-state index in [1.165, 1.54) is 35.6 Å². The number of nitrogens with two attached hydrogens (primary N) is 1. The molecule has 0 aliphatic carbocycles. The van der Waals surface area contributed by atoms with E-state index >= 15 is 0 Å². The molecule has 9 amide bonds. The number of fused-ring (bicyclic) bond motifs is 3. The number of ether oxygens (including phenoxy) is 7. The van der Waals surface area contributed by atoms with Crippen molar-refractivity contribution in [1.29, 1.82) is 0 Å². The van der Waals surface area contributed by atoms with Crippen molar-refractivity contribution in [2.45, 2.75) is 84.2 Å². The molecule has 3 aromatic heterocycles. The molecule has 0 radical (unpaired) electrons. The second kappa shape index (κ2) is 38.4. The zero-order valence-corrected chi connectivity index (χ0v) is 62.7. The molecule has 4 atom stereocenters. The number of ketones is 2. The van der Waals surface area contributed by atoms with Gasteiger partial charge in [-0.2, -0.15) is 0 Å². The van der Waals surface area contributed by atoms with Crippen molar-refractivity contribution in [2.24, 2.45) is 20.0 Å². The number of benzene rings is 4. The van der Waals surface area contributed by atoms with E-state index in [4.69, 9.17) is 38.9 Å². The number of nitrogens with zero attached hydrogens (tertiary/aromatic N) is 7. The second-order valence-corrected chi connectivity index (χ2v) is 27.1. The van der Waals surface area contributed by atoms with Crippen LogP contribution in [-0.2, 0) is 93.9 Å². The molecular formula is C79H91N13O19. The van der Waals surface area contributed by atoms with Crippen LogP contribution in [0, 0.1) is 12.8 Å². The number of amides is 9. The summed E-state index contributed by atoms with van der Waals surface area (Å²) >= 11 is 0. The fourth-order valence-electron chi connectivity index (χ4n) is 12.7. The summed E-state index contributed by atoms with van der Waals surface area (Å²) in [6, 6.07) is 24.2. The van der Waals surface area contributed by atoms with Crippen LogP contribution in [-0.4, -0.2) is 210 Å². The van der Waals surface area contributed by atoms with Crippen LogP contribution in [0.5, 0.6) is 5.75 Å². The van der Waals surface area contributed by atoms with Crippen molar-refractivity contribution in [1.82, 2.24) is 44.4 Å². The monoisotopic (exact) mass is 1530 g/mol. The van der Waals surface area contributed by atoms with Gasteiger partial charge >= 0.3 is 6.09 Å². The molecule has 1 fully saturated rings. The summed E-state index contributed by atoms with van der Waals surface area (Å²) in [5.41, 5.74) is 12.3. The molecule has 0 spiro atoms. The lowest BCUT2D eigenvalue weighted by atomic mass is 10.00. The summed E-state index contributed by atoms with van der Waals surface area (Å²) in [6.45, 7) is 9.56. The zero-order valence-electron chi connectivity index (χ0n) is 62.7. The Morgan fingerprint density at radius 2 is 1.41 bits per heavy atom. The Hall–Kier alpha value is -12.0. The van der Waals surface area contributed by atoms with Crippen LogP contribution in [0.2, 0.25) is 0 Å². The number of Topliss-reactive ketones (excluding diaryl/α,β-unsaturated/α-hetero) is 2. The third-order valence-electron chi connectivity index (χ3n) is 18.6. The van der Waals surface area contributed by atoms with E-state index in [0.29, 0.717) is 65.8 Å². The van der Waals surface area contributed by atoms with Gasteiger partial charge in [0.15, 0.2) is 17.8 Å². The van der Waals surface area contributed by atoms with Crippen LogP contribution < -0.4 is 42.0 Å². The van der Waals surface area contributed by atoms with Gasteiger partial charge in [-0.05, 0) is 97.5 Å². The fraction of sp³-hybridized carbons (Fsp3) is 0.380. The highest BCUT2D eigenvalue weighted by Gasteiger charge is 2.48. The van der Waals surface area contributed by atoms with Gasteiger partial charge in [0.2, 0.25) is 29.5 Å². The Morgan fingerprint density at radius 1 is 0.721 bits per heavy atom. The zero-order chi connectivity index (χ0) is 79.4. The third kappa shape index (κ3) is 21.7. The number of hydrogen-bond donors (Lipinski definition) is 6. The number of imidazole rings is 1. The Morgan fingerprint density at radius 3 is 2.14 bits per heavy atom. The van der Waals surface area contributed by atoms with Gasteiger partial charge in [-0.15, -0.1) is 0 Å². The minimum absolute atomic E-state index is 0.0135. The number of aromatic nitrogens is 4. The molecule has 7 aromatic rings. The summed E-state index contributed by atoms with van der Waals surface area (Å²) in [7, 11) is 4.99. The normalized spacial score (nSPS) is 15.1. The van der Waals surface area contributed by atoms with Crippen LogP contribution in [0.4, 0.5) is 27.7 Å². The van der Waals surface area contributed by atoms with Gasteiger partial charge in [0.25, 0.3) is 29.5 Å². The maximum atomic E-state index is 15.0. The smallest absolute Gasteiger partial charge is 0.416 e. The molecule has 111 heavy (non-hydrogen) atoms. The van der Waals surface area contributed by atoms with Crippen molar-refractivity contribution in [2.75, 3.05) is 114 Å². The number of methoxy groups -OCH3 is 1. The highest BCUT2D eigenvalue weighted by Crippen LogP contribution is 2.41. The quantitative estimate of drug-likeness (QED) is 0.0116. The second-order valence-electron chi connectivity index (χ2n) is 27.1. The van der Waals surface area contributed by atoms with Gasteiger partial charge < -0.3 is 79.5 Å². The van der Waals surface area contributed by atoms with E-state index in [1.807, 2.05) is 36.5 Å². The Balaban J connectivity index is 0.751. The average Bonchev–Trinajstić information content (AvgIpc) is 1.61. The molecule has 32 heteroatoms. The van der Waals surface area contributed by atoms with Crippen LogP contribution in [0.3, 0.4) is 0 Å².